The summed E-state index contributed by atoms with van der Waals surface area (Å²) in [5, 5.41) is 20.5. The van der Waals surface area contributed by atoms with Crippen LogP contribution in [0.25, 0.3) is 0 Å². The van der Waals surface area contributed by atoms with Gasteiger partial charge in [-0.25, -0.2) is 0 Å². The van der Waals surface area contributed by atoms with Crippen LogP contribution in [0, 0.1) is 0 Å². The van der Waals surface area contributed by atoms with E-state index in [0.717, 1.165) is 5.56 Å². The monoisotopic (exact) mass is 306 g/mol. The lowest BCUT2D eigenvalue weighted by atomic mass is 9.90. The van der Waals surface area contributed by atoms with Gasteiger partial charge in [0.1, 0.15) is 11.9 Å². The number of aliphatic hydroxyl groups is 2. The van der Waals surface area contributed by atoms with Gasteiger partial charge in [0.25, 0.3) is 0 Å². The van der Waals surface area contributed by atoms with Crippen LogP contribution in [0.5, 0.6) is 5.75 Å². The van der Waals surface area contributed by atoms with Crippen LogP contribution < -0.4 is 4.74 Å². The van der Waals surface area contributed by atoms with Crippen LogP contribution in [0.2, 0.25) is 0 Å². The van der Waals surface area contributed by atoms with Gasteiger partial charge in [0.2, 0.25) is 11.6 Å². The van der Waals surface area contributed by atoms with Gasteiger partial charge in [-0.2, -0.15) is 0 Å². The van der Waals surface area contributed by atoms with Gasteiger partial charge in [0, 0.05) is 24.0 Å². The number of hydrogen-bond acceptors (Lipinski definition) is 5. The molecule has 0 aromatic heterocycles. The van der Waals surface area contributed by atoms with Crippen molar-refractivity contribution < 1.29 is 24.5 Å². The van der Waals surface area contributed by atoms with Crippen molar-refractivity contribution in [2.24, 2.45) is 0 Å². The molecule has 1 aromatic rings. The molecule has 22 heavy (non-hydrogen) atoms. The van der Waals surface area contributed by atoms with Crippen LogP contribution in [0.15, 0.2) is 12.1 Å². The number of fused-ring (bicyclic) bond motifs is 3. The first kappa shape index (κ1) is 15.5. The highest BCUT2D eigenvalue weighted by Crippen LogP contribution is 2.42. The molecule has 1 aromatic carbocycles. The van der Waals surface area contributed by atoms with Crippen LogP contribution in [-0.4, -0.2) is 33.5 Å². The Morgan fingerprint density at radius 1 is 1.41 bits per heavy atom. The van der Waals surface area contributed by atoms with Gasteiger partial charge in [0.05, 0.1) is 12.2 Å². The fourth-order valence-corrected chi connectivity index (χ4v) is 3.11. The van der Waals surface area contributed by atoms with E-state index in [-0.39, 0.29) is 19.1 Å². The largest absolute Gasteiger partial charge is 0.486 e. The van der Waals surface area contributed by atoms with E-state index in [4.69, 9.17) is 9.47 Å². The van der Waals surface area contributed by atoms with E-state index in [1.54, 1.807) is 19.9 Å². The van der Waals surface area contributed by atoms with Gasteiger partial charge in [-0.05, 0) is 19.4 Å². The van der Waals surface area contributed by atoms with Gasteiger partial charge in [0.15, 0.2) is 0 Å². The summed E-state index contributed by atoms with van der Waals surface area (Å²) < 4.78 is 11.3. The Labute approximate surface area is 129 Å². The molecule has 0 bridgehead atoms. The average molecular weight is 306 g/mol. The van der Waals surface area contributed by atoms with Crippen molar-refractivity contribution >= 4 is 5.78 Å². The molecular weight excluding hydrogens is 284 g/mol. The minimum atomic E-state index is -1.73. The first-order valence-corrected chi connectivity index (χ1v) is 7.71. The van der Waals surface area contributed by atoms with Gasteiger partial charge < -0.3 is 19.7 Å². The van der Waals surface area contributed by atoms with E-state index in [9.17, 15) is 15.0 Å². The van der Waals surface area contributed by atoms with E-state index in [1.165, 1.54) is 0 Å². The Kier molecular flexibility index (Phi) is 3.55. The van der Waals surface area contributed by atoms with Gasteiger partial charge in [-0.15, -0.1) is 0 Å². The van der Waals surface area contributed by atoms with Crippen molar-refractivity contribution in [1.82, 2.24) is 0 Å². The fraction of sp³-hybridized carbons (Fsp3) is 0.588. The molecule has 3 rings (SSSR count). The summed E-state index contributed by atoms with van der Waals surface area (Å²) in [6.07, 6.45) is 1.18. The molecule has 0 spiro atoms. The van der Waals surface area contributed by atoms with Crippen molar-refractivity contribution in [1.29, 1.82) is 0 Å². The number of benzene rings is 1. The van der Waals surface area contributed by atoms with Crippen LogP contribution in [0.4, 0.5) is 0 Å². The van der Waals surface area contributed by atoms with Crippen LogP contribution in [-0.2, 0) is 17.8 Å². The number of carbonyl (C=O) groups excluding carboxylic acids is 1. The first-order chi connectivity index (χ1) is 10.3. The summed E-state index contributed by atoms with van der Waals surface area (Å²) in [5.41, 5.74) is 1.13. The third-order valence-electron chi connectivity index (χ3n) is 4.44. The smallest absolute Gasteiger partial charge is 0.231 e. The van der Waals surface area contributed by atoms with Gasteiger partial charge >= 0.3 is 0 Å². The lowest BCUT2D eigenvalue weighted by Gasteiger charge is -2.32. The number of Topliss-reactive ketones (excluding diaryl/α,β-unsaturated/α-hetero) is 1. The van der Waals surface area contributed by atoms with Crippen molar-refractivity contribution in [3.8, 4) is 5.75 Å². The minimum Gasteiger partial charge on any atom is -0.486 e. The first-order valence-electron chi connectivity index (χ1n) is 7.71. The quantitative estimate of drug-likeness (QED) is 0.893. The molecule has 2 aliphatic heterocycles. The molecule has 2 N–H and O–H groups in total. The summed E-state index contributed by atoms with van der Waals surface area (Å²) in [6, 6.07) is 3.57. The Morgan fingerprint density at radius 3 is 2.77 bits per heavy atom. The molecule has 2 aliphatic rings. The molecule has 0 fully saturated rings. The lowest BCUT2D eigenvalue weighted by molar-refractivity contribution is -0.182. The summed E-state index contributed by atoms with van der Waals surface area (Å²) in [6.45, 7) is 5.44. The highest BCUT2D eigenvalue weighted by Gasteiger charge is 2.44. The summed E-state index contributed by atoms with van der Waals surface area (Å²) in [4.78, 5) is 12.5. The summed E-state index contributed by atoms with van der Waals surface area (Å²) in [5.74, 6) is -1.52. The predicted molar refractivity (Wildman–Crippen MR) is 79.8 cm³/mol. The molecule has 2 heterocycles. The molecule has 2 atom stereocenters. The standard InChI is InChI=1S/C17H22O5/c1-4-7-17(20)15(18)11-6-5-10-8-13(16(2,3)19)22-14(10)12(11)9-21-17/h5-6,13,19-20H,4,7-9H2,1-3H3. The zero-order valence-electron chi connectivity index (χ0n) is 13.2. The molecule has 2 unspecified atom stereocenters. The topological polar surface area (TPSA) is 76.0 Å². The number of carbonyl (C=O) groups is 1. The molecule has 0 radical (unpaired) electrons. The van der Waals surface area contributed by atoms with Gasteiger partial charge in [-0.1, -0.05) is 25.5 Å². The Hall–Kier alpha value is -1.43. The minimum absolute atomic E-state index is 0.138. The average Bonchev–Trinajstić information content (AvgIpc) is 2.87. The Bertz CT molecular complexity index is 616. The highest BCUT2D eigenvalue weighted by atomic mass is 16.6. The molecule has 0 aliphatic carbocycles. The fourth-order valence-electron chi connectivity index (χ4n) is 3.11. The van der Waals surface area contributed by atoms with Gasteiger partial charge in [-0.3, -0.25) is 4.79 Å². The zero-order valence-corrected chi connectivity index (χ0v) is 13.2. The van der Waals surface area contributed by atoms with Crippen molar-refractivity contribution in [3.63, 3.8) is 0 Å². The van der Waals surface area contributed by atoms with Crippen LogP contribution >= 0.6 is 0 Å². The summed E-state index contributed by atoms with van der Waals surface area (Å²) in [7, 11) is 0. The molecule has 0 saturated carbocycles. The van der Waals surface area contributed by atoms with Crippen molar-refractivity contribution in [3.05, 3.63) is 28.8 Å². The third-order valence-corrected chi connectivity index (χ3v) is 4.44. The maximum absolute atomic E-state index is 12.5. The number of ether oxygens (including phenoxy) is 2. The van der Waals surface area contributed by atoms with Crippen LogP contribution in [0.1, 0.15) is 55.1 Å². The number of hydrogen-bond donors (Lipinski definition) is 2. The molecular formula is C17H22O5. The predicted octanol–water partition coefficient (Wildman–Crippen LogP) is 1.96. The van der Waals surface area contributed by atoms with E-state index in [2.05, 4.69) is 0 Å². The van der Waals surface area contributed by atoms with E-state index < -0.39 is 17.2 Å². The maximum Gasteiger partial charge on any atom is 0.231 e. The zero-order chi connectivity index (χ0) is 16.1. The van der Waals surface area contributed by atoms with Crippen LogP contribution in [0.3, 0.4) is 0 Å². The number of rotatable bonds is 3. The van der Waals surface area contributed by atoms with E-state index in [1.807, 2.05) is 13.0 Å². The van der Waals surface area contributed by atoms with E-state index >= 15 is 0 Å². The second-order valence-corrected chi connectivity index (χ2v) is 6.70. The molecule has 120 valence electrons. The van der Waals surface area contributed by atoms with Crippen molar-refractivity contribution in [2.45, 2.75) is 64.1 Å². The molecule has 5 nitrogen and oxygen atoms in total. The molecule has 5 heteroatoms. The normalized spacial score (nSPS) is 27.3. The molecule has 0 amide bonds. The second-order valence-electron chi connectivity index (χ2n) is 6.70. The maximum atomic E-state index is 12.5. The van der Waals surface area contributed by atoms with Crippen molar-refractivity contribution in [2.75, 3.05) is 0 Å². The summed E-state index contributed by atoms with van der Waals surface area (Å²) >= 11 is 0. The second kappa shape index (κ2) is 5.05. The third kappa shape index (κ3) is 2.33. The number of ketones is 1. The highest BCUT2D eigenvalue weighted by molar-refractivity contribution is 6.04. The Balaban J connectivity index is 1.97. The Morgan fingerprint density at radius 2 is 2.14 bits per heavy atom. The van der Waals surface area contributed by atoms with E-state index in [0.29, 0.717) is 29.7 Å². The molecule has 0 saturated heterocycles. The SMILES string of the molecule is CCCC1(O)OCc2c(ccc3c2OC(C(C)(C)O)C3)C1=O. The lowest BCUT2D eigenvalue weighted by Crippen LogP contribution is -2.45.